The van der Waals surface area contributed by atoms with Gasteiger partial charge in [-0.25, -0.2) is 0 Å². The second-order valence-corrected chi connectivity index (χ2v) is 11.8. The van der Waals surface area contributed by atoms with E-state index in [1.807, 2.05) is 0 Å². The number of rotatable bonds is 4. The summed E-state index contributed by atoms with van der Waals surface area (Å²) in [5, 5.41) is 12.5. The molecule has 0 amide bonds. The van der Waals surface area contributed by atoms with Crippen LogP contribution >= 0.6 is 0 Å². The molecule has 9 aromatic carbocycles. The number of benzene rings is 9. The lowest BCUT2D eigenvalue weighted by molar-refractivity contribution is 1.31. The molecule has 0 saturated heterocycles. The molecule has 0 radical (unpaired) electrons. The Morgan fingerprint density at radius 3 is 1.56 bits per heavy atom. The maximum Gasteiger partial charge on any atom is 0.0546 e. The summed E-state index contributed by atoms with van der Waals surface area (Å²) in [4.78, 5) is 2.44. The number of anilines is 3. The molecular formula is C44H29N. The zero-order valence-electron chi connectivity index (χ0n) is 24.7. The van der Waals surface area contributed by atoms with Crippen molar-refractivity contribution in [2.45, 2.75) is 0 Å². The predicted molar refractivity (Wildman–Crippen MR) is 194 cm³/mol. The van der Waals surface area contributed by atoms with E-state index in [9.17, 15) is 0 Å². The zero-order chi connectivity index (χ0) is 29.7. The maximum absolute atomic E-state index is 2.44. The Morgan fingerprint density at radius 1 is 0.289 bits per heavy atom. The summed E-state index contributed by atoms with van der Waals surface area (Å²) in [7, 11) is 0. The van der Waals surface area contributed by atoms with Crippen molar-refractivity contribution in [1.82, 2.24) is 0 Å². The molecule has 0 aliphatic rings. The largest absolute Gasteiger partial charge is 0.310 e. The lowest BCUT2D eigenvalue weighted by Crippen LogP contribution is -2.11. The molecule has 0 aliphatic carbocycles. The van der Waals surface area contributed by atoms with Crippen molar-refractivity contribution in [1.29, 1.82) is 0 Å². The first-order valence-corrected chi connectivity index (χ1v) is 15.5. The van der Waals surface area contributed by atoms with E-state index in [4.69, 9.17) is 0 Å². The second kappa shape index (κ2) is 10.4. The van der Waals surface area contributed by atoms with Crippen LogP contribution in [-0.4, -0.2) is 0 Å². The Kier molecular flexibility index (Phi) is 5.89. The predicted octanol–water partition coefficient (Wildman–Crippen LogP) is 12.6. The second-order valence-electron chi connectivity index (χ2n) is 11.8. The van der Waals surface area contributed by atoms with Gasteiger partial charge in [0, 0.05) is 16.8 Å². The molecule has 0 fully saturated rings. The van der Waals surface area contributed by atoms with Gasteiger partial charge >= 0.3 is 0 Å². The number of nitrogens with zero attached hydrogens (tertiary/aromatic N) is 1. The average molecular weight is 572 g/mol. The fourth-order valence-electron chi connectivity index (χ4n) is 7.07. The standard InChI is InChI=1S/C44H29N/c1-2-13-31-26-36(25-24-30(31)12-1)45(44-29-34-15-4-6-19-38(34)40-21-9-10-23-42(40)44)35-17-11-16-32(27-35)43-28-33-14-3-5-18-37(33)39-20-7-8-22-41(39)43/h1-29H. The summed E-state index contributed by atoms with van der Waals surface area (Å²) in [5.41, 5.74) is 5.87. The third kappa shape index (κ3) is 4.24. The first kappa shape index (κ1) is 25.6. The van der Waals surface area contributed by atoms with Crippen LogP contribution in [0.2, 0.25) is 0 Å². The van der Waals surface area contributed by atoms with Gasteiger partial charge in [0.15, 0.2) is 0 Å². The SMILES string of the molecule is c1cc(-c2cc3ccccc3c3ccccc23)cc(N(c2ccc3ccccc3c2)c2cc3ccccc3c3ccccc23)c1. The van der Waals surface area contributed by atoms with Gasteiger partial charge in [-0.2, -0.15) is 0 Å². The fraction of sp³-hybridized carbons (Fsp3) is 0. The van der Waals surface area contributed by atoms with Crippen LogP contribution < -0.4 is 4.90 Å². The van der Waals surface area contributed by atoms with E-state index in [0.29, 0.717) is 0 Å². The molecule has 0 bridgehead atoms. The molecule has 1 nitrogen and oxygen atoms in total. The minimum absolute atomic E-state index is 1.13. The van der Waals surface area contributed by atoms with Crippen LogP contribution in [-0.2, 0) is 0 Å². The van der Waals surface area contributed by atoms with Crippen LogP contribution in [0.1, 0.15) is 0 Å². The first-order valence-electron chi connectivity index (χ1n) is 15.5. The Balaban J connectivity index is 1.33. The highest BCUT2D eigenvalue weighted by atomic mass is 15.1. The van der Waals surface area contributed by atoms with Crippen molar-refractivity contribution >= 4 is 70.9 Å². The number of hydrogen-bond donors (Lipinski definition) is 0. The van der Waals surface area contributed by atoms with Crippen LogP contribution in [0.3, 0.4) is 0 Å². The Morgan fingerprint density at radius 2 is 0.822 bits per heavy atom. The molecule has 0 atom stereocenters. The van der Waals surface area contributed by atoms with Crippen LogP contribution in [0.25, 0.3) is 65.0 Å². The minimum atomic E-state index is 1.13. The first-order chi connectivity index (χ1) is 22.3. The Bertz CT molecular complexity index is 2560. The summed E-state index contributed by atoms with van der Waals surface area (Å²) in [6.45, 7) is 0. The van der Waals surface area contributed by atoms with Gasteiger partial charge in [0.25, 0.3) is 0 Å². The average Bonchev–Trinajstić information content (AvgIpc) is 3.11. The van der Waals surface area contributed by atoms with Gasteiger partial charge in [-0.15, -0.1) is 0 Å². The fourth-order valence-corrected chi connectivity index (χ4v) is 7.07. The summed E-state index contributed by atoms with van der Waals surface area (Å²) < 4.78 is 0. The van der Waals surface area contributed by atoms with E-state index in [1.54, 1.807) is 0 Å². The molecule has 0 aromatic heterocycles. The van der Waals surface area contributed by atoms with Crippen molar-refractivity contribution in [3.05, 3.63) is 176 Å². The molecule has 0 aliphatic heterocycles. The van der Waals surface area contributed by atoms with Gasteiger partial charge in [-0.1, -0.05) is 140 Å². The number of fused-ring (bicyclic) bond motifs is 7. The highest BCUT2D eigenvalue weighted by Crippen LogP contribution is 2.44. The van der Waals surface area contributed by atoms with Crippen LogP contribution in [0.4, 0.5) is 17.1 Å². The summed E-state index contributed by atoms with van der Waals surface area (Å²) in [5.74, 6) is 0. The molecule has 0 unspecified atom stereocenters. The monoisotopic (exact) mass is 571 g/mol. The molecule has 0 spiro atoms. The van der Waals surface area contributed by atoms with Gasteiger partial charge < -0.3 is 4.90 Å². The van der Waals surface area contributed by atoms with Gasteiger partial charge in [-0.05, 0) is 96.0 Å². The topological polar surface area (TPSA) is 3.24 Å². The van der Waals surface area contributed by atoms with E-state index in [2.05, 4.69) is 181 Å². The van der Waals surface area contributed by atoms with E-state index < -0.39 is 0 Å². The van der Waals surface area contributed by atoms with Crippen LogP contribution in [0.5, 0.6) is 0 Å². The molecule has 9 aromatic rings. The van der Waals surface area contributed by atoms with Crippen molar-refractivity contribution in [3.8, 4) is 11.1 Å². The summed E-state index contributed by atoms with van der Waals surface area (Å²) >= 11 is 0. The smallest absolute Gasteiger partial charge is 0.0546 e. The molecule has 0 saturated carbocycles. The molecule has 210 valence electrons. The molecule has 0 heterocycles. The van der Waals surface area contributed by atoms with Gasteiger partial charge in [0.2, 0.25) is 0 Å². The lowest BCUT2D eigenvalue weighted by atomic mass is 9.93. The van der Waals surface area contributed by atoms with E-state index in [1.165, 1.54) is 70.7 Å². The molecule has 0 N–H and O–H groups in total. The normalized spacial score (nSPS) is 11.6. The molecule has 9 rings (SSSR count). The Labute approximate surface area is 262 Å². The minimum Gasteiger partial charge on any atom is -0.310 e. The van der Waals surface area contributed by atoms with E-state index in [-0.39, 0.29) is 0 Å². The van der Waals surface area contributed by atoms with Gasteiger partial charge in [-0.3, -0.25) is 0 Å². The molecular weight excluding hydrogens is 542 g/mol. The van der Waals surface area contributed by atoms with Crippen molar-refractivity contribution < 1.29 is 0 Å². The lowest BCUT2D eigenvalue weighted by Gasteiger charge is -2.28. The van der Waals surface area contributed by atoms with Crippen molar-refractivity contribution in [2.75, 3.05) is 4.90 Å². The van der Waals surface area contributed by atoms with E-state index >= 15 is 0 Å². The van der Waals surface area contributed by atoms with Gasteiger partial charge in [0.05, 0.1) is 5.69 Å². The van der Waals surface area contributed by atoms with Crippen molar-refractivity contribution in [3.63, 3.8) is 0 Å². The number of hydrogen-bond acceptors (Lipinski definition) is 1. The third-order valence-corrected chi connectivity index (χ3v) is 9.16. The Hall–Kier alpha value is -5.92. The summed E-state index contributed by atoms with van der Waals surface area (Å²) in [6.07, 6.45) is 0. The van der Waals surface area contributed by atoms with E-state index in [0.717, 1.165) is 11.4 Å². The summed E-state index contributed by atoms with van der Waals surface area (Å²) in [6, 6.07) is 64.2. The van der Waals surface area contributed by atoms with Gasteiger partial charge in [0.1, 0.15) is 0 Å². The van der Waals surface area contributed by atoms with Crippen LogP contribution in [0.15, 0.2) is 176 Å². The zero-order valence-corrected chi connectivity index (χ0v) is 24.7. The highest BCUT2D eigenvalue weighted by Gasteiger charge is 2.19. The molecule has 1 heteroatoms. The quantitative estimate of drug-likeness (QED) is 0.190. The molecule has 45 heavy (non-hydrogen) atoms. The van der Waals surface area contributed by atoms with Crippen molar-refractivity contribution in [2.24, 2.45) is 0 Å². The highest BCUT2D eigenvalue weighted by molar-refractivity contribution is 6.16. The maximum atomic E-state index is 2.44. The third-order valence-electron chi connectivity index (χ3n) is 9.16. The van der Waals surface area contributed by atoms with Crippen LogP contribution in [0, 0.1) is 0 Å².